The van der Waals surface area contributed by atoms with E-state index in [9.17, 15) is 0 Å². The minimum atomic E-state index is 0.0709. The molecule has 2 atom stereocenters. The molecule has 0 saturated heterocycles. The topological polar surface area (TPSA) is 35.2 Å². The Bertz CT molecular complexity index is 704. The van der Waals surface area contributed by atoms with Crippen LogP contribution in [-0.2, 0) is 11.8 Å². The van der Waals surface area contributed by atoms with E-state index in [4.69, 9.17) is 10.5 Å². The molecule has 0 aromatic heterocycles. The highest BCUT2D eigenvalue weighted by Gasteiger charge is 2.35. The molecule has 0 fully saturated rings. The molecule has 0 amide bonds. The van der Waals surface area contributed by atoms with Crippen molar-refractivity contribution in [3.05, 3.63) is 64.7 Å². The molecule has 1 aliphatic carbocycles. The molecule has 108 valence electrons. The summed E-state index contributed by atoms with van der Waals surface area (Å²) in [5, 5.41) is 0. The van der Waals surface area contributed by atoms with Crippen molar-refractivity contribution in [3.63, 3.8) is 0 Å². The maximum absolute atomic E-state index is 6.56. The van der Waals surface area contributed by atoms with Crippen LogP contribution in [0.15, 0.2) is 42.5 Å². The molecule has 2 unspecified atom stereocenters. The van der Waals surface area contributed by atoms with E-state index in [1.54, 1.807) is 0 Å². The average Bonchev–Trinajstić information content (AvgIpc) is 2.75. The number of nitrogens with two attached hydrogens (primary N) is 1. The van der Waals surface area contributed by atoms with Crippen molar-refractivity contribution in [2.45, 2.75) is 37.6 Å². The lowest BCUT2D eigenvalue weighted by molar-refractivity contribution is 0.291. The molecule has 0 saturated carbocycles. The van der Waals surface area contributed by atoms with Gasteiger partial charge in [-0.2, -0.15) is 0 Å². The van der Waals surface area contributed by atoms with Crippen LogP contribution in [0.2, 0.25) is 0 Å². The molecular weight excluding hydrogens is 258 g/mol. The van der Waals surface area contributed by atoms with Crippen molar-refractivity contribution >= 4 is 0 Å². The Morgan fingerprint density at radius 1 is 1.19 bits per heavy atom. The normalized spacial score (nSPS) is 22.7. The average molecular weight is 279 g/mol. The van der Waals surface area contributed by atoms with E-state index >= 15 is 0 Å². The summed E-state index contributed by atoms with van der Waals surface area (Å²) < 4.78 is 5.76. The van der Waals surface area contributed by atoms with E-state index < -0.39 is 0 Å². The van der Waals surface area contributed by atoms with Crippen LogP contribution in [0.5, 0.6) is 5.75 Å². The van der Waals surface area contributed by atoms with Gasteiger partial charge in [0.05, 0.1) is 6.61 Å². The molecule has 21 heavy (non-hydrogen) atoms. The zero-order chi connectivity index (χ0) is 14.6. The predicted octanol–water partition coefficient (Wildman–Crippen LogP) is 3.70. The summed E-state index contributed by atoms with van der Waals surface area (Å²) in [5.41, 5.74) is 12.0. The molecule has 2 aromatic rings. The Morgan fingerprint density at radius 3 is 2.81 bits per heavy atom. The maximum Gasteiger partial charge on any atom is 0.123 e. The van der Waals surface area contributed by atoms with E-state index in [-0.39, 0.29) is 11.5 Å². The highest BCUT2D eigenvalue weighted by molar-refractivity contribution is 5.48. The summed E-state index contributed by atoms with van der Waals surface area (Å²) >= 11 is 0. The van der Waals surface area contributed by atoms with Gasteiger partial charge < -0.3 is 10.5 Å². The largest absolute Gasteiger partial charge is 0.492 e. The van der Waals surface area contributed by atoms with Gasteiger partial charge in [-0.25, -0.2) is 0 Å². The van der Waals surface area contributed by atoms with E-state index in [1.807, 2.05) is 0 Å². The van der Waals surface area contributed by atoms with Gasteiger partial charge in [-0.15, -0.1) is 0 Å². The fraction of sp³-hybridized carbons (Fsp3) is 0.368. The number of hydrogen-bond donors (Lipinski definition) is 1. The number of hydrogen-bond acceptors (Lipinski definition) is 2. The zero-order valence-electron chi connectivity index (χ0n) is 12.6. The quantitative estimate of drug-likeness (QED) is 0.909. The van der Waals surface area contributed by atoms with Gasteiger partial charge in [-0.1, -0.05) is 44.2 Å². The number of fused-ring (bicyclic) bond motifs is 2. The maximum atomic E-state index is 6.56. The second-order valence-corrected chi connectivity index (χ2v) is 6.96. The lowest BCUT2D eigenvalue weighted by atomic mass is 9.71. The molecule has 2 N–H and O–H groups in total. The summed E-state index contributed by atoms with van der Waals surface area (Å²) in [6.07, 6.45) is 1.09. The van der Waals surface area contributed by atoms with Crippen molar-refractivity contribution in [2.24, 2.45) is 5.73 Å². The fourth-order valence-corrected chi connectivity index (χ4v) is 3.60. The molecule has 0 radical (unpaired) electrons. The summed E-state index contributed by atoms with van der Waals surface area (Å²) in [5.74, 6) is 1.47. The van der Waals surface area contributed by atoms with Crippen LogP contribution < -0.4 is 10.5 Å². The third kappa shape index (κ3) is 1.90. The van der Waals surface area contributed by atoms with Crippen LogP contribution in [0.4, 0.5) is 0 Å². The first-order valence-corrected chi connectivity index (χ1v) is 7.67. The van der Waals surface area contributed by atoms with Gasteiger partial charge in [0.15, 0.2) is 0 Å². The highest BCUT2D eigenvalue weighted by Crippen LogP contribution is 2.45. The van der Waals surface area contributed by atoms with E-state index in [0.29, 0.717) is 5.92 Å². The number of ether oxygens (including phenoxy) is 1. The molecule has 1 heterocycles. The molecule has 2 aromatic carbocycles. The first-order valence-electron chi connectivity index (χ1n) is 7.67. The van der Waals surface area contributed by atoms with E-state index in [0.717, 1.165) is 18.8 Å². The second-order valence-electron chi connectivity index (χ2n) is 6.96. The summed E-state index contributed by atoms with van der Waals surface area (Å²) in [7, 11) is 0. The minimum absolute atomic E-state index is 0.0709. The van der Waals surface area contributed by atoms with Gasteiger partial charge in [0.2, 0.25) is 0 Å². The minimum Gasteiger partial charge on any atom is -0.492 e. The third-order valence-electron chi connectivity index (χ3n) is 5.03. The Kier molecular flexibility index (Phi) is 2.67. The van der Waals surface area contributed by atoms with Crippen LogP contribution in [0.3, 0.4) is 0 Å². The summed E-state index contributed by atoms with van der Waals surface area (Å²) in [6.45, 7) is 5.22. The number of rotatable bonds is 2. The SMILES string of the molecule is CC1(C)COc2ccc(C(N)C3Cc4ccccc43)cc21. The molecule has 0 spiro atoms. The Balaban J connectivity index is 1.67. The van der Waals surface area contributed by atoms with Crippen LogP contribution in [0.1, 0.15) is 48.1 Å². The van der Waals surface area contributed by atoms with Crippen molar-refractivity contribution < 1.29 is 4.74 Å². The number of benzene rings is 2. The van der Waals surface area contributed by atoms with Crippen molar-refractivity contribution in [1.29, 1.82) is 0 Å². The van der Waals surface area contributed by atoms with Gasteiger partial charge >= 0.3 is 0 Å². The Labute approximate surface area is 125 Å². The fourth-order valence-electron chi connectivity index (χ4n) is 3.60. The van der Waals surface area contributed by atoms with Gasteiger partial charge in [-0.3, -0.25) is 0 Å². The van der Waals surface area contributed by atoms with Crippen molar-refractivity contribution in [1.82, 2.24) is 0 Å². The van der Waals surface area contributed by atoms with Crippen LogP contribution in [0, 0.1) is 0 Å². The molecule has 2 heteroatoms. The summed E-state index contributed by atoms with van der Waals surface area (Å²) in [6, 6.07) is 15.2. The second kappa shape index (κ2) is 4.35. The van der Waals surface area contributed by atoms with Crippen molar-refractivity contribution in [2.75, 3.05) is 6.61 Å². The lowest BCUT2D eigenvalue weighted by Gasteiger charge is -2.35. The Morgan fingerprint density at radius 2 is 2.00 bits per heavy atom. The smallest absolute Gasteiger partial charge is 0.123 e. The molecule has 1 aliphatic heterocycles. The van der Waals surface area contributed by atoms with E-state index in [1.165, 1.54) is 22.3 Å². The standard InChI is InChI=1S/C19H21NO/c1-19(2)11-21-17-8-7-13(10-16(17)19)18(20)15-9-12-5-3-4-6-14(12)15/h3-8,10,15,18H,9,11,20H2,1-2H3. The lowest BCUT2D eigenvalue weighted by Crippen LogP contribution is -2.29. The first kappa shape index (κ1) is 12.9. The van der Waals surface area contributed by atoms with Gasteiger partial charge in [-0.05, 0) is 35.2 Å². The van der Waals surface area contributed by atoms with Gasteiger partial charge in [0, 0.05) is 22.9 Å². The molecule has 2 nitrogen and oxygen atoms in total. The van der Waals surface area contributed by atoms with Gasteiger partial charge in [0.25, 0.3) is 0 Å². The zero-order valence-corrected chi connectivity index (χ0v) is 12.6. The van der Waals surface area contributed by atoms with Crippen LogP contribution in [0.25, 0.3) is 0 Å². The molecular formula is C19H21NO. The van der Waals surface area contributed by atoms with Crippen LogP contribution in [-0.4, -0.2) is 6.61 Å². The van der Waals surface area contributed by atoms with Crippen LogP contribution >= 0.6 is 0 Å². The predicted molar refractivity (Wildman–Crippen MR) is 84.8 cm³/mol. The van der Waals surface area contributed by atoms with E-state index in [2.05, 4.69) is 56.3 Å². The summed E-state index contributed by atoms with van der Waals surface area (Å²) in [4.78, 5) is 0. The Hall–Kier alpha value is -1.80. The van der Waals surface area contributed by atoms with Crippen molar-refractivity contribution in [3.8, 4) is 5.75 Å². The monoisotopic (exact) mass is 279 g/mol. The van der Waals surface area contributed by atoms with Gasteiger partial charge in [0.1, 0.15) is 5.75 Å². The molecule has 2 aliphatic rings. The molecule has 0 bridgehead atoms. The molecule has 4 rings (SSSR count). The highest BCUT2D eigenvalue weighted by atomic mass is 16.5. The first-order chi connectivity index (χ1) is 10.1. The third-order valence-corrected chi connectivity index (χ3v) is 5.03.